The van der Waals surface area contributed by atoms with Crippen LogP contribution in [0.5, 0.6) is 17.2 Å². The summed E-state index contributed by atoms with van der Waals surface area (Å²) >= 11 is 3.17. The third-order valence-corrected chi connectivity index (χ3v) is 6.81. The molecule has 0 fully saturated rings. The van der Waals surface area contributed by atoms with Crippen LogP contribution in [0.4, 0.5) is 5.13 Å². The van der Waals surface area contributed by atoms with Gasteiger partial charge < -0.3 is 19.5 Å². The molecule has 1 atom stereocenters. The molecule has 0 amide bonds. The lowest BCUT2D eigenvalue weighted by atomic mass is 10.1. The van der Waals surface area contributed by atoms with Crippen molar-refractivity contribution in [3.8, 4) is 23.3 Å². The van der Waals surface area contributed by atoms with E-state index in [1.54, 1.807) is 73.7 Å². The van der Waals surface area contributed by atoms with Crippen molar-refractivity contribution in [2.45, 2.75) is 13.0 Å². The molecule has 36 heavy (non-hydrogen) atoms. The van der Waals surface area contributed by atoms with Gasteiger partial charge in [-0.3, -0.25) is 4.79 Å². The number of ether oxygens (including phenoxy) is 3. The van der Waals surface area contributed by atoms with Crippen LogP contribution in [0.25, 0.3) is 10.2 Å². The highest BCUT2D eigenvalue weighted by Crippen LogP contribution is 2.35. The number of nitrogens with one attached hydrogen (secondary N) is 1. The molecule has 1 aromatic heterocycles. The topological polar surface area (TPSA) is 93.5 Å². The molecule has 188 valence electrons. The van der Waals surface area contributed by atoms with E-state index < -0.39 is 6.10 Å². The predicted octanol–water partition coefficient (Wildman–Crippen LogP) is 6.24. The number of nitriles is 1. The van der Waals surface area contributed by atoms with Crippen LogP contribution in [0.15, 0.2) is 72.2 Å². The minimum absolute atomic E-state index is 0.523. The largest absolute Gasteiger partial charge is 0.493 e. The van der Waals surface area contributed by atoms with Crippen LogP contribution in [0.2, 0.25) is 0 Å². The zero-order valence-corrected chi connectivity index (χ0v) is 22.4. The zero-order valence-electron chi connectivity index (χ0n) is 20.7. The maximum absolute atomic E-state index is 11.4. The molecular weight excluding hydrogens is 494 g/mol. The van der Waals surface area contributed by atoms with Gasteiger partial charge >= 0.3 is 0 Å². The molecule has 0 saturated carbocycles. The van der Waals surface area contributed by atoms with E-state index in [9.17, 15) is 4.79 Å². The Morgan fingerprint density at radius 3 is 2.36 bits per heavy atom. The van der Waals surface area contributed by atoms with Gasteiger partial charge in [-0.05, 0) is 30.0 Å². The number of hydrogen-bond acceptors (Lipinski definition) is 9. The second kappa shape index (κ2) is 14.6. The molecule has 0 aliphatic heterocycles. The number of nitrogens with zero attached hydrogens (tertiary/aromatic N) is 2. The molecule has 7 nitrogen and oxygen atoms in total. The molecule has 0 aliphatic rings. The van der Waals surface area contributed by atoms with E-state index in [0.717, 1.165) is 38.0 Å². The van der Waals surface area contributed by atoms with E-state index in [0.29, 0.717) is 22.6 Å². The number of rotatable bonds is 11. The Balaban J connectivity index is 0.000000267. The van der Waals surface area contributed by atoms with Gasteiger partial charge in [-0.2, -0.15) is 5.26 Å². The summed E-state index contributed by atoms with van der Waals surface area (Å²) in [5.41, 5.74) is 2.15. The monoisotopic (exact) mass is 523 g/mol. The molecule has 0 bridgehead atoms. The first-order valence-corrected chi connectivity index (χ1v) is 12.7. The van der Waals surface area contributed by atoms with Crippen LogP contribution in [-0.2, 0) is 4.79 Å². The highest BCUT2D eigenvalue weighted by Gasteiger charge is 2.16. The number of carbonyl (C=O) groups excluding carboxylic acids is 1. The lowest BCUT2D eigenvalue weighted by molar-refractivity contribution is -0.112. The van der Waals surface area contributed by atoms with Gasteiger partial charge in [-0.1, -0.05) is 43.6 Å². The second-order valence-electron chi connectivity index (χ2n) is 6.92. The van der Waals surface area contributed by atoms with Crippen LogP contribution in [0.1, 0.15) is 12.5 Å². The van der Waals surface area contributed by atoms with Gasteiger partial charge in [0.1, 0.15) is 5.75 Å². The SMILES string of the molecule is C=C/C(SCC)=C(\C=C)C(C=O)Oc1ccc(C#N)cc1.CNc1nc2cc(OC)c(OC)cc2s1. The van der Waals surface area contributed by atoms with Crippen LogP contribution in [-0.4, -0.2) is 44.4 Å². The molecule has 2 aromatic carbocycles. The smallest absolute Gasteiger partial charge is 0.183 e. The van der Waals surface area contributed by atoms with Crippen molar-refractivity contribution in [2.24, 2.45) is 0 Å². The maximum Gasteiger partial charge on any atom is 0.183 e. The van der Waals surface area contributed by atoms with Gasteiger partial charge in [-0.15, -0.1) is 11.8 Å². The third-order valence-electron chi connectivity index (χ3n) is 4.77. The Bertz CT molecular complexity index is 1220. The molecule has 3 aromatic rings. The molecule has 1 N–H and O–H groups in total. The highest BCUT2D eigenvalue weighted by molar-refractivity contribution is 8.03. The highest BCUT2D eigenvalue weighted by atomic mass is 32.2. The average Bonchev–Trinajstić information content (AvgIpc) is 3.34. The summed E-state index contributed by atoms with van der Waals surface area (Å²) in [6.07, 6.45) is 3.30. The van der Waals surface area contributed by atoms with Crippen LogP contribution in [0.3, 0.4) is 0 Å². The van der Waals surface area contributed by atoms with Crippen molar-refractivity contribution >= 4 is 44.7 Å². The first-order valence-electron chi connectivity index (χ1n) is 10.9. The van der Waals surface area contributed by atoms with Crippen molar-refractivity contribution in [3.63, 3.8) is 0 Å². The summed E-state index contributed by atoms with van der Waals surface area (Å²) in [5.74, 6) is 2.82. The quantitative estimate of drug-likeness (QED) is 0.233. The predicted molar refractivity (Wildman–Crippen MR) is 149 cm³/mol. The van der Waals surface area contributed by atoms with Crippen LogP contribution >= 0.6 is 23.1 Å². The van der Waals surface area contributed by atoms with Gasteiger partial charge in [0.05, 0.1) is 36.1 Å². The first kappa shape index (κ1) is 28.5. The molecule has 1 heterocycles. The second-order valence-corrected chi connectivity index (χ2v) is 9.25. The van der Waals surface area contributed by atoms with E-state index in [-0.39, 0.29) is 0 Å². The standard InChI is InChI=1S/C17H17NO2S.C10H12N2O2S/c1-4-15(17(5-2)21-6-3)16(12-19)20-14-9-7-13(11-18)8-10-14;1-11-10-12-6-4-7(13-2)8(14-3)5-9(6)15-10/h4-5,7-10,12,16H,1-2,6H2,3H3;4-5H,1-3H3,(H,11,12)/b17-15-;. The molecule has 0 spiro atoms. The number of fused-ring (bicyclic) bond motifs is 1. The number of aromatic nitrogens is 1. The lowest BCUT2D eigenvalue weighted by Crippen LogP contribution is -2.21. The van der Waals surface area contributed by atoms with E-state index in [1.165, 1.54) is 0 Å². The first-order chi connectivity index (χ1) is 17.5. The van der Waals surface area contributed by atoms with Crippen molar-refractivity contribution < 1.29 is 19.0 Å². The minimum Gasteiger partial charge on any atom is -0.493 e. The van der Waals surface area contributed by atoms with Gasteiger partial charge in [0, 0.05) is 29.7 Å². The summed E-state index contributed by atoms with van der Waals surface area (Å²) in [4.78, 5) is 16.6. The summed E-state index contributed by atoms with van der Waals surface area (Å²) in [5, 5.41) is 12.7. The Hall–Kier alpha value is -3.74. The molecule has 9 heteroatoms. The van der Waals surface area contributed by atoms with Crippen molar-refractivity contribution in [1.82, 2.24) is 4.98 Å². The van der Waals surface area contributed by atoms with E-state index in [1.807, 2.05) is 32.2 Å². The number of carbonyl (C=O) groups is 1. The third kappa shape index (κ3) is 7.38. The minimum atomic E-state index is -0.748. The maximum atomic E-state index is 11.4. The fourth-order valence-corrected chi connectivity index (χ4v) is 4.68. The van der Waals surface area contributed by atoms with Crippen molar-refractivity contribution in [3.05, 3.63) is 77.7 Å². The summed E-state index contributed by atoms with van der Waals surface area (Å²) in [6.45, 7) is 9.53. The number of methoxy groups -OCH3 is 2. The Morgan fingerprint density at radius 1 is 1.19 bits per heavy atom. The van der Waals surface area contributed by atoms with E-state index in [4.69, 9.17) is 19.5 Å². The van der Waals surface area contributed by atoms with Crippen LogP contribution in [0, 0.1) is 11.3 Å². The number of hydrogen-bond donors (Lipinski definition) is 1. The molecular formula is C27H29N3O4S2. The molecule has 3 rings (SSSR count). The number of thioether (sulfide) groups is 1. The molecule has 0 radical (unpaired) electrons. The van der Waals surface area contributed by atoms with Gasteiger partial charge in [0.25, 0.3) is 0 Å². The number of thiazole rings is 1. The summed E-state index contributed by atoms with van der Waals surface area (Å²) < 4.78 is 17.2. The normalized spacial score (nSPS) is 11.6. The number of allylic oxidation sites excluding steroid dienone is 1. The van der Waals surface area contributed by atoms with Gasteiger partial charge in [-0.25, -0.2) is 4.98 Å². The average molecular weight is 524 g/mol. The fraction of sp³-hybridized carbons (Fsp3) is 0.222. The lowest BCUT2D eigenvalue weighted by Gasteiger charge is -2.17. The summed E-state index contributed by atoms with van der Waals surface area (Å²) in [6, 6.07) is 12.5. The Kier molecular flexibility index (Phi) is 11.6. The number of anilines is 1. The van der Waals surface area contributed by atoms with Gasteiger partial charge in [0.15, 0.2) is 29.0 Å². The fourth-order valence-electron chi connectivity index (χ4n) is 3.05. The van der Waals surface area contributed by atoms with E-state index in [2.05, 4.69) is 23.5 Å². The number of aldehydes is 1. The molecule has 0 aliphatic carbocycles. The Labute approximate surface area is 220 Å². The number of benzene rings is 2. The zero-order chi connectivity index (χ0) is 26.5. The Morgan fingerprint density at radius 2 is 1.86 bits per heavy atom. The van der Waals surface area contributed by atoms with Crippen molar-refractivity contribution in [2.75, 3.05) is 32.3 Å². The van der Waals surface area contributed by atoms with E-state index >= 15 is 0 Å². The molecule has 0 saturated heterocycles. The van der Waals surface area contributed by atoms with Crippen LogP contribution < -0.4 is 19.5 Å². The summed E-state index contributed by atoms with van der Waals surface area (Å²) in [7, 11) is 5.10. The molecule has 1 unspecified atom stereocenters. The van der Waals surface area contributed by atoms with Gasteiger partial charge in [0.2, 0.25) is 0 Å². The van der Waals surface area contributed by atoms with Crippen molar-refractivity contribution in [1.29, 1.82) is 5.26 Å².